The summed E-state index contributed by atoms with van der Waals surface area (Å²) in [6.07, 6.45) is 5.95. The Bertz CT molecular complexity index is 371. The standard InChI is InChI=1S/C11H15N3S/c1-14-10(4-7-13-14)3-6-11(9-12)5-2-8-15-11/h4,7H,2-3,5-6,8H2,1H3. The zero-order chi connectivity index (χ0) is 10.7. The van der Waals surface area contributed by atoms with Crippen LogP contribution in [0.3, 0.4) is 0 Å². The highest BCUT2D eigenvalue weighted by atomic mass is 32.2. The number of hydrogen-bond acceptors (Lipinski definition) is 3. The van der Waals surface area contributed by atoms with E-state index in [1.165, 1.54) is 12.1 Å². The van der Waals surface area contributed by atoms with Crippen LogP contribution in [0.15, 0.2) is 12.3 Å². The topological polar surface area (TPSA) is 41.6 Å². The fourth-order valence-electron chi connectivity index (χ4n) is 2.02. The minimum atomic E-state index is -0.121. The van der Waals surface area contributed by atoms with Crippen molar-refractivity contribution in [3.8, 4) is 6.07 Å². The Morgan fingerprint density at radius 1 is 1.73 bits per heavy atom. The van der Waals surface area contributed by atoms with Crippen LogP contribution in [-0.4, -0.2) is 20.3 Å². The lowest BCUT2D eigenvalue weighted by molar-refractivity contribution is 0.596. The monoisotopic (exact) mass is 221 g/mol. The lowest BCUT2D eigenvalue weighted by atomic mass is 9.98. The van der Waals surface area contributed by atoms with Crippen LogP contribution in [0.4, 0.5) is 0 Å². The van der Waals surface area contributed by atoms with Crippen molar-refractivity contribution in [2.75, 3.05) is 5.75 Å². The average molecular weight is 221 g/mol. The van der Waals surface area contributed by atoms with Gasteiger partial charge in [0.25, 0.3) is 0 Å². The minimum absolute atomic E-state index is 0.121. The molecule has 0 amide bonds. The summed E-state index contributed by atoms with van der Waals surface area (Å²) in [5, 5.41) is 13.4. The van der Waals surface area contributed by atoms with Crippen molar-refractivity contribution in [3.63, 3.8) is 0 Å². The molecule has 0 radical (unpaired) electrons. The molecule has 0 spiro atoms. The highest BCUT2D eigenvalue weighted by molar-refractivity contribution is 8.01. The maximum absolute atomic E-state index is 9.22. The van der Waals surface area contributed by atoms with Gasteiger partial charge in [0.1, 0.15) is 4.75 Å². The molecule has 1 aromatic rings. The average Bonchev–Trinajstić information content (AvgIpc) is 2.85. The Kier molecular flexibility index (Phi) is 3.01. The van der Waals surface area contributed by atoms with E-state index in [9.17, 15) is 5.26 Å². The molecular formula is C11H15N3S. The second-order valence-corrected chi connectivity index (χ2v) is 5.48. The lowest BCUT2D eigenvalue weighted by Gasteiger charge is -2.18. The molecule has 80 valence electrons. The first-order valence-electron chi connectivity index (χ1n) is 5.28. The maximum Gasteiger partial charge on any atom is 0.103 e. The van der Waals surface area contributed by atoms with Gasteiger partial charge in [-0.2, -0.15) is 10.4 Å². The first-order valence-corrected chi connectivity index (χ1v) is 6.26. The number of nitrogens with zero attached hydrogens (tertiary/aromatic N) is 3. The van der Waals surface area contributed by atoms with Crippen molar-refractivity contribution in [1.29, 1.82) is 5.26 Å². The number of hydrogen-bond donors (Lipinski definition) is 0. The van der Waals surface area contributed by atoms with Crippen LogP contribution < -0.4 is 0 Å². The first-order chi connectivity index (χ1) is 7.26. The molecule has 0 bridgehead atoms. The largest absolute Gasteiger partial charge is 0.273 e. The fraction of sp³-hybridized carbons (Fsp3) is 0.636. The molecule has 0 N–H and O–H groups in total. The second kappa shape index (κ2) is 4.28. The molecular weight excluding hydrogens is 206 g/mol. The van der Waals surface area contributed by atoms with E-state index in [-0.39, 0.29) is 4.75 Å². The van der Waals surface area contributed by atoms with Gasteiger partial charge in [-0.05, 0) is 37.5 Å². The van der Waals surface area contributed by atoms with Gasteiger partial charge in [-0.25, -0.2) is 0 Å². The van der Waals surface area contributed by atoms with Crippen LogP contribution in [0.1, 0.15) is 25.0 Å². The third-order valence-electron chi connectivity index (χ3n) is 3.01. The Hall–Kier alpha value is -0.950. The molecule has 15 heavy (non-hydrogen) atoms. The van der Waals surface area contributed by atoms with Gasteiger partial charge in [-0.1, -0.05) is 0 Å². The molecule has 0 aliphatic carbocycles. The summed E-state index contributed by atoms with van der Waals surface area (Å²) in [5.41, 5.74) is 1.22. The van der Waals surface area contributed by atoms with Gasteiger partial charge < -0.3 is 0 Å². The molecule has 2 heterocycles. The zero-order valence-corrected chi connectivity index (χ0v) is 9.76. The highest BCUT2D eigenvalue weighted by Gasteiger charge is 2.34. The highest BCUT2D eigenvalue weighted by Crippen LogP contribution is 2.40. The van der Waals surface area contributed by atoms with E-state index < -0.39 is 0 Å². The Labute approximate surface area is 94.5 Å². The molecule has 1 fully saturated rings. The molecule has 4 heteroatoms. The Morgan fingerprint density at radius 2 is 2.60 bits per heavy atom. The number of aromatic nitrogens is 2. The molecule has 1 aromatic heterocycles. The van der Waals surface area contributed by atoms with E-state index in [0.29, 0.717) is 0 Å². The number of aryl methyl sites for hydroxylation is 2. The summed E-state index contributed by atoms with van der Waals surface area (Å²) >= 11 is 1.83. The zero-order valence-electron chi connectivity index (χ0n) is 8.94. The number of rotatable bonds is 3. The van der Waals surface area contributed by atoms with Crippen molar-refractivity contribution in [3.05, 3.63) is 18.0 Å². The van der Waals surface area contributed by atoms with Crippen molar-refractivity contribution >= 4 is 11.8 Å². The van der Waals surface area contributed by atoms with Crippen LogP contribution >= 0.6 is 11.8 Å². The van der Waals surface area contributed by atoms with Gasteiger partial charge in [-0.15, -0.1) is 11.8 Å². The molecule has 1 saturated heterocycles. The predicted molar refractivity (Wildman–Crippen MR) is 61.6 cm³/mol. The maximum atomic E-state index is 9.22. The molecule has 3 nitrogen and oxygen atoms in total. The molecule has 1 aliphatic heterocycles. The van der Waals surface area contributed by atoms with Crippen molar-refractivity contribution in [2.45, 2.75) is 30.4 Å². The fourth-order valence-corrected chi connectivity index (χ4v) is 3.29. The minimum Gasteiger partial charge on any atom is -0.273 e. The Balaban J connectivity index is 1.98. The van der Waals surface area contributed by atoms with Gasteiger partial charge in [0.05, 0.1) is 6.07 Å². The summed E-state index contributed by atoms with van der Waals surface area (Å²) in [6, 6.07) is 4.53. The SMILES string of the molecule is Cn1nccc1CCC1(C#N)CCCS1. The van der Waals surface area contributed by atoms with Gasteiger partial charge in [0.2, 0.25) is 0 Å². The van der Waals surface area contributed by atoms with E-state index in [2.05, 4.69) is 11.2 Å². The van der Waals surface area contributed by atoms with Crippen LogP contribution in [0, 0.1) is 11.3 Å². The van der Waals surface area contributed by atoms with Gasteiger partial charge in [-0.3, -0.25) is 4.68 Å². The summed E-state index contributed by atoms with van der Waals surface area (Å²) in [5.74, 6) is 1.14. The Morgan fingerprint density at radius 3 is 3.13 bits per heavy atom. The second-order valence-electron chi connectivity index (χ2n) is 4.00. The van der Waals surface area contributed by atoms with Gasteiger partial charge >= 0.3 is 0 Å². The van der Waals surface area contributed by atoms with Crippen LogP contribution in [0.5, 0.6) is 0 Å². The summed E-state index contributed by atoms with van der Waals surface area (Å²) in [6.45, 7) is 0. The summed E-state index contributed by atoms with van der Waals surface area (Å²) in [4.78, 5) is 0. The summed E-state index contributed by atoms with van der Waals surface area (Å²) in [7, 11) is 1.95. The molecule has 1 atom stereocenters. The van der Waals surface area contributed by atoms with Gasteiger partial charge in [0.15, 0.2) is 0 Å². The molecule has 2 rings (SSSR count). The van der Waals surface area contributed by atoms with Crippen LogP contribution in [-0.2, 0) is 13.5 Å². The number of thioether (sulfide) groups is 1. The first kappa shape index (κ1) is 10.6. The third-order valence-corrected chi connectivity index (χ3v) is 4.56. The van der Waals surface area contributed by atoms with Crippen molar-refractivity contribution in [1.82, 2.24) is 9.78 Å². The molecule has 1 unspecified atom stereocenters. The van der Waals surface area contributed by atoms with Crippen LogP contribution in [0.2, 0.25) is 0 Å². The van der Waals surface area contributed by atoms with Crippen LogP contribution in [0.25, 0.3) is 0 Å². The molecule has 1 aliphatic rings. The molecule has 0 aromatic carbocycles. The van der Waals surface area contributed by atoms with E-state index >= 15 is 0 Å². The van der Waals surface area contributed by atoms with E-state index in [4.69, 9.17) is 0 Å². The smallest absolute Gasteiger partial charge is 0.103 e. The molecule has 0 saturated carbocycles. The van der Waals surface area contributed by atoms with Crippen molar-refractivity contribution < 1.29 is 0 Å². The van der Waals surface area contributed by atoms with E-state index in [0.717, 1.165) is 25.0 Å². The van der Waals surface area contributed by atoms with E-state index in [1.54, 1.807) is 0 Å². The third kappa shape index (κ3) is 2.18. The summed E-state index contributed by atoms with van der Waals surface area (Å²) < 4.78 is 1.77. The quantitative estimate of drug-likeness (QED) is 0.785. The number of nitriles is 1. The predicted octanol–water partition coefficient (Wildman–Crippen LogP) is 2.14. The van der Waals surface area contributed by atoms with Crippen molar-refractivity contribution in [2.24, 2.45) is 7.05 Å². The van der Waals surface area contributed by atoms with E-state index in [1.807, 2.05) is 35.8 Å². The van der Waals surface area contributed by atoms with Gasteiger partial charge in [0, 0.05) is 18.9 Å². The normalized spacial score (nSPS) is 25.3. The lowest BCUT2D eigenvalue weighted by Crippen LogP contribution is -2.19.